The van der Waals surface area contributed by atoms with Gasteiger partial charge in [0.25, 0.3) is 0 Å². The summed E-state index contributed by atoms with van der Waals surface area (Å²) >= 11 is 14.0. The predicted octanol–water partition coefficient (Wildman–Crippen LogP) is 6.73. The van der Waals surface area contributed by atoms with Gasteiger partial charge in [0.1, 0.15) is 6.04 Å². The molecular weight excluding hydrogens is 475 g/mol. The zero-order chi connectivity index (χ0) is 23.6. The molecule has 1 atom stereocenters. The van der Waals surface area contributed by atoms with Crippen molar-refractivity contribution in [2.75, 3.05) is 5.75 Å². The summed E-state index contributed by atoms with van der Waals surface area (Å²) in [4.78, 5) is 29.0. The van der Waals surface area contributed by atoms with E-state index in [0.717, 1.165) is 48.3 Å². The molecule has 0 heterocycles. The van der Waals surface area contributed by atoms with Crippen molar-refractivity contribution in [1.29, 1.82) is 0 Å². The maximum absolute atomic E-state index is 13.2. The topological polar surface area (TPSA) is 49.4 Å². The highest BCUT2D eigenvalue weighted by molar-refractivity contribution is 7.99. The second kappa shape index (κ2) is 13.3. The first-order valence-corrected chi connectivity index (χ1v) is 13.4. The molecular formula is C26H32Cl2N2O2S. The zero-order valence-corrected chi connectivity index (χ0v) is 21.4. The Bertz CT molecular complexity index is 917. The van der Waals surface area contributed by atoms with Crippen LogP contribution in [0.15, 0.2) is 53.4 Å². The molecule has 1 N–H and O–H groups in total. The Morgan fingerprint density at radius 2 is 1.76 bits per heavy atom. The summed E-state index contributed by atoms with van der Waals surface area (Å²) in [5, 5.41) is 4.49. The Morgan fingerprint density at radius 1 is 1.06 bits per heavy atom. The first-order valence-electron chi connectivity index (χ1n) is 11.7. The monoisotopic (exact) mass is 506 g/mol. The third kappa shape index (κ3) is 8.24. The summed E-state index contributed by atoms with van der Waals surface area (Å²) in [6.45, 7) is 2.14. The molecule has 4 nitrogen and oxygen atoms in total. The number of nitrogens with zero attached hydrogens (tertiary/aromatic N) is 1. The van der Waals surface area contributed by atoms with Gasteiger partial charge >= 0.3 is 0 Å². The number of benzene rings is 2. The van der Waals surface area contributed by atoms with E-state index in [4.69, 9.17) is 23.2 Å². The van der Waals surface area contributed by atoms with Gasteiger partial charge in [-0.1, -0.05) is 60.7 Å². The number of hydrogen-bond donors (Lipinski definition) is 1. The number of carbonyl (C=O) groups excluding carboxylic acids is 2. The lowest BCUT2D eigenvalue weighted by Crippen LogP contribution is -2.50. The molecule has 0 spiro atoms. The molecule has 1 aliphatic rings. The van der Waals surface area contributed by atoms with Gasteiger partial charge in [0.15, 0.2) is 0 Å². The van der Waals surface area contributed by atoms with Gasteiger partial charge in [0, 0.05) is 33.9 Å². The van der Waals surface area contributed by atoms with Crippen molar-refractivity contribution in [2.24, 2.45) is 0 Å². The molecule has 0 unspecified atom stereocenters. The molecule has 2 amide bonds. The molecule has 2 aromatic carbocycles. The van der Waals surface area contributed by atoms with E-state index in [1.165, 1.54) is 6.42 Å². The van der Waals surface area contributed by atoms with Gasteiger partial charge < -0.3 is 10.2 Å². The smallest absolute Gasteiger partial charge is 0.242 e. The fraction of sp³-hybridized carbons (Fsp3) is 0.462. The van der Waals surface area contributed by atoms with E-state index in [1.807, 2.05) is 55.5 Å². The molecule has 1 fully saturated rings. The third-order valence-electron chi connectivity index (χ3n) is 6.03. The van der Waals surface area contributed by atoms with Gasteiger partial charge in [-0.2, -0.15) is 0 Å². The molecule has 0 bridgehead atoms. The van der Waals surface area contributed by atoms with Crippen LogP contribution in [0.4, 0.5) is 0 Å². The van der Waals surface area contributed by atoms with Crippen molar-refractivity contribution in [2.45, 2.75) is 75.4 Å². The lowest BCUT2D eigenvalue weighted by molar-refractivity contribution is -0.141. The first-order chi connectivity index (χ1) is 15.9. The van der Waals surface area contributed by atoms with Gasteiger partial charge in [-0.3, -0.25) is 9.59 Å². The normalized spacial score (nSPS) is 15.1. The van der Waals surface area contributed by atoms with Gasteiger partial charge in [0.2, 0.25) is 11.8 Å². The largest absolute Gasteiger partial charge is 0.352 e. The van der Waals surface area contributed by atoms with Crippen LogP contribution < -0.4 is 5.32 Å². The summed E-state index contributed by atoms with van der Waals surface area (Å²) < 4.78 is 0. The van der Waals surface area contributed by atoms with Crippen molar-refractivity contribution >= 4 is 46.8 Å². The minimum Gasteiger partial charge on any atom is -0.352 e. The minimum atomic E-state index is -0.556. The molecule has 1 saturated carbocycles. The number of rotatable bonds is 10. The summed E-state index contributed by atoms with van der Waals surface area (Å²) in [6, 6.07) is 14.8. The Hall–Kier alpha value is -1.69. The number of nitrogens with one attached hydrogen (secondary N) is 1. The van der Waals surface area contributed by atoms with Crippen LogP contribution in [0.2, 0.25) is 10.0 Å². The van der Waals surface area contributed by atoms with Gasteiger partial charge in [-0.25, -0.2) is 0 Å². The summed E-state index contributed by atoms with van der Waals surface area (Å²) in [7, 11) is 0. The van der Waals surface area contributed by atoms with Gasteiger partial charge in [-0.15, -0.1) is 11.8 Å². The van der Waals surface area contributed by atoms with Crippen molar-refractivity contribution in [3.63, 3.8) is 0 Å². The number of thioether (sulfide) groups is 1. The molecule has 0 radical (unpaired) electrons. The molecule has 2 aromatic rings. The van der Waals surface area contributed by atoms with Crippen LogP contribution in [0.5, 0.6) is 0 Å². The number of carbonyl (C=O) groups is 2. The lowest BCUT2D eigenvalue weighted by Gasteiger charge is -2.31. The summed E-state index contributed by atoms with van der Waals surface area (Å²) in [5.74, 6) is 0.700. The van der Waals surface area contributed by atoms with Crippen LogP contribution >= 0.6 is 35.0 Å². The Balaban J connectivity index is 1.60. The average molecular weight is 508 g/mol. The summed E-state index contributed by atoms with van der Waals surface area (Å²) in [5.41, 5.74) is 0.848. The quantitative estimate of drug-likeness (QED) is 0.287. The van der Waals surface area contributed by atoms with E-state index < -0.39 is 6.04 Å². The molecule has 0 aliphatic heterocycles. The van der Waals surface area contributed by atoms with Crippen molar-refractivity contribution < 1.29 is 9.59 Å². The highest BCUT2D eigenvalue weighted by Crippen LogP contribution is 2.23. The fourth-order valence-corrected chi connectivity index (χ4v) is 5.22. The Morgan fingerprint density at radius 3 is 2.45 bits per heavy atom. The van der Waals surface area contributed by atoms with E-state index in [1.54, 1.807) is 16.7 Å². The zero-order valence-electron chi connectivity index (χ0n) is 19.1. The SMILES string of the molecule is C[C@H](C(=O)NC1CCCCC1)N(Cc1ccccc1Cl)C(=O)CCCSc1ccc(Cl)cc1. The van der Waals surface area contributed by atoms with Gasteiger partial charge in [-0.05, 0) is 67.8 Å². The highest BCUT2D eigenvalue weighted by Gasteiger charge is 2.28. The third-order valence-corrected chi connectivity index (χ3v) is 7.75. The van der Waals surface area contributed by atoms with Crippen molar-refractivity contribution in [3.05, 3.63) is 64.1 Å². The van der Waals surface area contributed by atoms with E-state index in [0.29, 0.717) is 23.0 Å². The molecule has 3 rings (SSSR count). The lowest BCUT2D eigenvalue weighted by atomic mass is 9.95. The maximum Gasteiger partial charge on any atom is 0.242 e. The van der Waals surface area contributed by atoms with Crippen LogP contribution in [0.1, 0.15) is 57.4 Å². The Kier molecular flexibility index (Phi) is 10.4. The predicted molar refractivity (Wildman–Crippen MR) is 138 cm³/mol. The van der Waals surface area contributed by atoms with Crippen molar-refractivity contribution in [3.8, 4) is 0 Å². The molecule has 7 heteroatoms. The minimum absolute atomic E-state index is 0.0297. The van der Waals surface area contributed by atoms with Crippen LogP contribution in [-0.4, -0.2) is 34.6 Å². The van der Waals surface area contributed by atoms with E-state index in [-0.39, 0.29) is 17.9 Å². The Labute approximate surface area is 211 Å². The number of amides is 2. The number of hydrogen-bond acceptors (Lipinski definition) is 3. The van der Waals surface area contributed by atoms with E-state index in [2.05, 4.69) is 5.32 Å². The molecule has 0 saturated heterocycles. The van der Waals surface area contributed by atoms with Crippen molar-refractivity contribution in [1.82, 2.24) is 10.2 Å². The second-order valence-corrected chi connectivity index (χ2v) is 10.6. The summed E-state index contributed by atoms with van der Waals surface area (Å²) in [6.07, 6.45) is 6.65. The average Bonchev–Trinajstić information content (AvgIpc) is 2.82. The maximum atomic E-state index is 13.2. The first kappa shape index (κ1) is 25.9. The van der Waals surface area contributed by atoms with Crippen LogP contribution in [0, 0.1) is 0 Å². The van der Waals surface area contributed by atoms with Gasteiger partial charge in [0.05, 0.1) is 0 Å². The molecule has 33 heavy (non-hydrogen) atoms. The molecule has 178 valence electrons. The van der Waals surface area contributed by atoms with E-state index in [9.17, 15) is 9.59 Å². The van der Waals surface area contributed by atoms with E-state index >= 15 is 0 Å². The van der Waals surface area contributed by atoms with Crippen LogP contribution in [-0.2, 0) is 16.1 Å². The standard InChI is InChI=1S/C26H32Cl2N2O2S/c1-19(26(32)29-22-9-3-2-4-10-22)30(18-20-8-5-6-11-24(20)28)25(31)12-7-17-33-23-15-13-21(27)14-16-23/h5-6,8,11,13-16,19,22H,2-4,7,9-10,12,17-18H2,1H3,(H,29,32)/t19-/m1/s1. The van der Waals surface area contributed by atoms with Crippen LogP contribution in [0.3, 0.4) is 0 Å². The highest BCUT2D eigenvalue weighted by atomic mass is 35.5. The molecule has 1 aliphatic carbocycles. The number of halogens is 2. The second-order valence-electron chi connectivity index (χ2n) is 8.54. The fourth-order valence-electron chi connectivity index (χ4n) is 4.05. The van der Waals surface area contributed by atoms with Crippen LogP contribution in [0.25, 0.3) is 0 Å². The molecule has 0 aromatic heterocycles.